The minimum Gasteiger partial charge on any atom is -0.483 e. The summed E-state index contributed by atoms with van der Waals surface area (Å²) in [6, 6.07) is 13.7. The van der Waals surface area contributed by atoms with E-state index in [1.54, 1.807) is 6.21 Å². The lowest BCUT2D eigenvalue weighted by Crippen LogP contribution is -2.24. The molecular weight excluding hydrogens is 302 g/mol. The quantitative estimate of drug-likeness (QED) is 0.559. The summed E-state index contributed by atoms with van der Waals surface area (Å²) in [6.45, 7) is 3.91. The number of hydrazone groups is 1. The number of aromatic amines is 1. The van der Waals surface area contributed by atoms with Gasteiger partial charge in [-0.15, -0.1) is 0 Å². The van der Waals surface area contributed by atoms with Gasteiger partial charge in [0.1, 0.15) is 5.75 Å². The van der Waals surface area contributed by atoms with Crippen molar-refractivity contribution in [1.29, 1.82) is 0 Å². The van der Waals surface area contributed by atoms with E-state index in [0.717, 1.165) is 27.6 Å². The highest BCUT2D eigenvalue weighted by Gasteiger charge is 2.05. The predicted molar refractivity (Wildman–Crippen MR) is 95.4 cm³/mol. The summed E-state index contributed by atoms with van der Waals surface area (Å²) >= 11 is 0. The van der Waals surface area contributed by atoms with E-state index < -0.39 is 0 Å². The zero-order valence-corrected chi connectivity index (χ0v) is 13.7. The topological polar surface area (TPSA) is 66.5 Å². The van der Waals surface area contributed by atoms with Crippen LogP contribution in [-0.2, 0) is 4.79 Å². The molecule has 0 aliphatic heterocycles. The molecule has 0 aliphatic carbocycles. The van der Waals surface area contributed by atoms with Gasteiger partial charge >= 0.3 is 0 Å². The van der Waals surface area contributed by atoms with E-state index in [0.29, 0.717) is 5.75 Å². The van der Waals surface area contributed by atoms with Crippen LogP contribution in [0.25, 0.3) is 10.9 Å². The van der Waals surface area contributed by atoms with Crippen molar-refractivity contribution >= 4 is 23.0 Å². The van der Waals surface area contributed by atoms with Crippen molar-refractivity contribution in [3.63, 3.8) is 0 Å². The highest BCUT2D eigenvalue weighted by molar-refractivity contribution is 5.89. The van der Waals surface area contributed by atoms with E-state index in [1.807, 2.05) is 62.5 Å². The lowest BCUT2D eigenvalue weighted by Gasteiger charge is -2.09. The Morgan fingerprint density at radius 3 is 3.00 bits per heavy atom. The molecule has 1 amide bonds. The highest BCUT2D eigenvalue weighted by atomic mass is 16.5. The van der Waals surface area contributed by atoms with Gasteiger partial charge in [0.05, 0.1) is 6.21 Å². The number of ether oxygens (including phenoxy) is 1. The Hall–Kier alpha value is -3.08. The smallest absolute Gasteiger partial charge is 0.277 e. The van der Waals surface area contributed by atoms with Gasteiger partial charge in [-0.3, -0.25) is 4.79 Å². The summed E-state index contributed by atoms with van der Waals surface area (Å²) in [5.41, 5.74) is 6.57. The van der Waals surface area contributed by atoms with Gasteiger partial charge < -0.3 is 9.72 Å². The minimum absolute atomic E-state index is 0.0721. The monoisotopic (exact) mass is 321 g/mol. The normalized spacial score (nSPS) is 11.1. The van der Waals surface area contributed by atoms with E-state index in [4.69, 9.17) is 4.74 Å². The lowest BCUT2D eigenvalue weighted by molar-refractivity contribution is -0.123. The minimum atomic E-state index is -0.298. The van der Waals surface area contributed by atoms with Crippen molar-refractivity contribution in [3.05, 3.63) is 65.4 Å². The molecule has 0 saturated carbocycles. The van der Waals surface area contributed by atoms with Gasteiger partial charge in [-0.25, -0.2) is 5.43 Å². The van der Waals surface area contributed by atoms with Gasteiger partial charge in [0.15, 0.2) is 6.61 Å². The zero-order chi connectivity index (χ0) is 16.9. The largest absolute Gasteiger partial charge is 0.483 e. The van der Waals surface area contributed by atoms with E-state index in [-0.39, 0.29) is 12.5 Å². The lowest BCUT2D eigenvalue weighted by atomic mass is 10.1. The van der Waals surface area contributed by atoms with Crippen LogP contribution in [0.3, 0.4) is 0 Å². The number of carbonyl (C=O) groups excluding carboxylic acids is 1. The molecule has 0 bridgehead atoms. The number of H-pyrrole nitrogens is 1. The average Bonchev–Trinajstić information content (AvgIpc) is 3.04. The summed E-state index contributed by atoms with van der Waals surface area (Å²) in [7, 11) is 0. The number of hydrogen-bond donors (Lipinski definition) is 2. The van der Waals surface area contributed by atoms with E-state index in [1.165, 1.54) is 0 Å². The Bertz CT molecular complexity index is 897. The van der Waals surface area contributed by atoms with Crippen LogP contribution >= 0.6 is 0 Å². The molecule has 0 unspecified atom stereocenters. The number of rotatable bonds is 5. The fraction of sp³-hybridized carbons (Fsp3) is 0.158. The molecule has 0 atom stereocenters. The SMILES string of the molecule is Cc1cccc(OCC(=O)NN=Cc2ccc3cc[nH]c3c2)c1C. The zero-order valence-electron chi connectivity index (χ0n) is 13.7. The fourth-order valence-corrected chi connectivity index (χ4v) is 2.38. The van der Waals surface area contributed by atoms with E-state index in [2.05, 4.69) is 15.5 Å². The van der Waals surface area contributed by atoms with Crippen molar-refractivity contribution in [2.75, 3.05) is 6.61 Å². The first-order valence-corrected chi connectivity index (χ1v) is 7.71. The van der Waals surface area contributed by atoms with Gasteiger partial charge in [-0.1, -0.05) is 24.3 Å². The second-order valence-corrected chi connectivity index (χ2v) is 5.60. The van der Waals surface area contributed by atoms with Crippen molar-refractivity contribution in [2.24, 2.45) is 5.10 Å². The molecule has 0 fully saturated rings. The molecule has 1 aromatic heterocycles. The van der Waals surface area contributed by atoms with Gasteiger partial charge in [0, 0.05) is 11.7 Å². The standard InChI is InChI=1S/C19H19N3O2/c1-13-4-3-5-18(14(13)2)24-12-19(23)22-21-11-15-6-7-16-8-9-20-17(16)10-15/h3-11,20H,12H2,1-2H3,(H,22,23). The maximum absolute atomic E-state index is 11.8. The van der Waals surface area contributed by atoms with Crippen LogP contribution in [0.2, 0.25) is 0 Å². The number of nitrogens with one attached hydrogen (secondary N) is 2. The third kappa shape index (κ3) is 3.63. The Morgan fingerprint density at radius 1 is 1.25 bits per heavy atom. The van der Waals surface area contributed by atoms with Crippen LogP contribution in [0.4, 0.5) is 0 Å². The van der Waals surface area contributed by atoms with Crippen LogP contribution in [0.1, 0.15) is 16.7 Å². The molecule has 0 radical (unpaired) electrons. The molecule has 3 rings (SSSR count). The van der Waals surface area contributed by atoms with Crippen LogP contribution in [0.5, 0.6) is 5.75 Å². The molecule has 24 heavy (non-hydrogen) atoms. The third-order valence-electron chi connectivity index (χ3n) is 3.90. The van der Waals surface area contributed by atoms with E-state index in [9.17, 15) is 4.79 Å². The van der Waals surface area contributed by atoms with Crippen LogP contribution in [0, 0.1) is 13.8 Å². The van der Waals surface area contributed by atoms with Crippen molar-refractivity contribution in [1.82, 2.24) is 10.4 Å². The molecule has 0 saturated heterocycles. The number of hydrogen-bond acceptors (Lipinski definition) is 3. The van der Waals surface area contributed by atoms with Crippen LogP contribution in [0.15, 0.2) is 53.8 Å². The number of benzene rings is 2. The third-order valence-corrected chi connectivity index (χ3v) is 3.90. The first kappa shape index (κ1) is 15.8. The summed E-state index contributed by atoms with van der Waals surface area (Å²) in [4.78, 5) is 15.0. The Labute approximate surface area is 140 Å². The summed E-state index contributed by atoms with van der Waals surface area (Å²) < 4.78 is 5.54. The van der Waals surface area contributed by atoms with Crippen LogP contribution in [-0.4, -0.2) is 23.7 Å². The van der Waals surface area contributed by atoms with Crippen LogP contribution < -0.4 is 10.2 Å². The van der Waals surface area contributed by atoms with E-state index >= 15 is 0 Å². The molecule has 5 nitrogen and oxygen atoms in total. The Balaban J connectivity index is 1.54. The summed E-state index contributed by atoms with van der Waals surface area (Å²) in [6.07, 6.45) is 3.49. The first-order chi connectivity index (χ1) is 11.6. The number of nitrogens with zero attached hydrogens (tertiary/aromatic N) is 1. The van der Waals surface area contributed by atoms with Gasteiger partial charge in [0.2, 0.25) is 0 Å². The number of amides is 1. The molecular formula is C19H19N3O2. The fourth-order valence-electron chi connectivity index (χ4n) is 2.38. The second kappa shape index (κ2) is 7.00. The number of fused-ring (bicyclic) bond motifs is 1. The average molecular weight is 321 g/mol. The van der Waals surface area contributed by atoms with Gasteiger partial charge in [-0.05, 0) is 54.1 Å². The van der Waals surface area contributed by atoms with Crippen molar-refractivity contribution in [3.8, 4) is 5.75 Å². The summed E-state index contributed by atoms with van der Waals surface area (Å²) in [5, 5.41) is 5.10. The first-order valence-electron chi connectivity index (χ1n) is 7.71. The summed E-state index contributed by atoms with van der Waals surface area (Å²) in [5.74, 6) is 0.416. The molecule has 3 aromatic rings. The maximum Gasteiger partial charge on any atom is 0.277 e. The Kier molecular flexibility index (Phi) is 4.61. The highest BCUT2D eigenvalue weighted by Crippen LogP contribution is 2.20. The number of carbonyl (C=O) groups is 1. The second-order valence-electron chi connectivity index (χ2n) is 5.60. The molecule has 0 spiro atoms. The molecule has 122 valence electrons. The Morgan fingerprint density at radius 2 is 2.12 bits per heavy atom. The van der Waals surface area contributed by atoms with Crippen molar-refractivity contribution < 1.29 is 9.53 Å². The predicted octanol–water partition coefficient (Wildman–Crippen LogP) is 3.31. The number of aryl methyl sites for hydroxylation is 1. The molecule has 2 aromatic carbocycles. The molecule has 1 heterocycles. The molecule has 5 heteroatoms. The maximum atomic E-state index is 11.8. The van der Waals surface area contributed by atoms with Crippen molar-refractivity contribution in [2.45, 2.75) is 13.8 Å². The van der Waals surface area contributed by atoms with Gasteiger partial charge in [-0.2, -0.15) is 5.10 Å². The van der Waals surface area contributed by atoms with Gasteiger partial charge in [0.25, 0.3) is 5.91 Å². The molecule has 2 N–H and O–H groups in total. The number of aromatic nitrogens is 1. The molecule has 0 aliphatic rings.